The maximum absolute atomic E-state index is 5.75. The van der Waals surface area contributed by atoms with Gasteiger partial charge in [0, 0.05) is 18.4 Å². The van der Waals surface area contributed by atoms with Gasteiger partial charge in [0.25, 0.3) is 0 Å². The lowest BCUT2D eigenvalue weighted by Gasteiger charge is -2.23. The summed E-state index contributed by atoms with van der Waals surface area (Å²) in [6.07, 6.45) is 1.19. The van der Waals surface area contributed by atoms with E-state index in [-0.39, 0.29) is 5.60 Å². The lowest BCUT2D eigenvalue weighted by atomic mass is 10.0. The van der Waals surface area contributed by atoms with Crippen LogP contribution in [0.2, 0.25) is 0 Å². The highest BCUT2D eigenvalue weighted by Gasteiger charge is 2.26. The van der Waals surface area contributed by atoms with Gasteiger partial charge in [-0.2, -0.15) is 11.8 Å². The first-order valence-corrected chi connectivity index (χ1v) is 6.57. The van der Waals surface area contributed by atoms with Gasteiger partial charge in [0.15, 0.2) is 0 Å². The van der Waals surface area contributed by atoms with Crippen LogP contribution in [0.25, 0.3) is 0 Å². The Morgan fingerprint density at radius 3 is 2.64 bits per heavy atom. The Balaban J connectivity index is 2.18. The van der Waals surface area contributed by atoms with Crippen molar-refractivity contribution in [3.05, 3.63) is 0 Å². The van der Waals surface area contributed by atoms with Crippen molar-refractivity contribution >= 4 is 11.8 Å². The minimum atomic E-state index is 0.0148. The fourth-order valence-corrected chi connectivity index (χ4v) is 3.25. The van der Waals surface area contributed by atoms with Crippen molar-refractivity contribution in [2.45, 2.75) is 38.8 Å². The van der Waals surface area contributed by atoms with Gasteiger partial charge >= 0.3 is 0 Å². The Hall–Kier alpha value is 0.270. The average molecular weight is 217 g/mol. The summed E-state index contributed by atoms with van der Waals surface area (Å²) in [5.41, 5.74) is 0.0148. The third-order valence-electron chi connectivity index (χ3n) is 2.59. The van der Waals surface area contributed by atoms with Gasteiger partial charge in [-0.15, -0.1) is 0 Å². The van der Waals surface area contributed by atoms with E-state index in [9.17, 15) is 0 Å². The molecular weight excluding hydrogens is 194 g/mol. The lowest BCUT2D eigenvalue weighted by molar-refractivity contribution is -0.00915. The smallest absolute Gasteiger partial charge is 0.0598 e. The van der Waals surface area contributed by atoms with E-state index < -0.39 is 0 Å². The maximum Gasteiger partial charge on any atom is 0.0598 e. The minimum Gasteiger partial charge on any atom is -0.376 e. The van der Waals surface area contributed by atoms with Crippen LogP contribution in [0.1, 0.15) is 27.2 Å². The Bertz CT molecular complexity index is 167. The van der Waals surface area contributed by atoms with Crippen molar-refractivity contribution in [1.29, 1.82) is 0 Å². The second-order valence-corrected chi connectivity index (χ2v) is 6.02. The van der Waals surface area contributed by atoms with Crippen LogP contribution in [0.4, 0.5) is 0 Å². The molecule has 0 aromatic rings. The van der Waals surface area contributed by atoms with Gasteiger partial charge in [-0.25, -0.2) is 0 Å². The molecule has 1 heterocycles. The summed E-state index contributed by atoms with van der Waals surface area (Å²) in [5.74, 6) is 3.35. The molecule has 0 amide bonds. The van der Waals surface area contributed by atoms with Crippen molar-refractivity contribution in [2.24, 2.45) is 5.92 Å². The standard InChI is InChI=1S/C11H23NOS/c1-11(2,3)13-6-5-9-7-14-8-10(9)12-4/h9-10,12H,5-8H2,1-4H3. The van der Waals surface area contributed by atoms with Gasteiger partial charge in [0.1, 0.15) is 0 Å². The van der Waals surface area contributed by atoms with E-state index in [0.717, 1.165) is 12.5 Å². The molecule has 0 bridgehead atoms. The molecule has 1 aliphatic heterocycles. The minimum absolute atomic E-state index is 0.0148. The number of thioether (sulfide) groups is 1. The predicted molar refractivity (Wildman–Crippen MR) is 64.0 cm³/mol. The summed E-state index contributed by atoms with van der Waals surface area (Å²) in [6, 6.07) is 0.698. The topological polar surface area (TPSA) is 21.3 Å². The second-order valence-electron chi connectivity index (χ2n) is 4.94. The summed E-state index contributed by atoms with van der Waals surface area (Å²) in [4.78, 5) is 0. The molecule has 14 heavy (non-hydrogen) atoms. The SMILES string of the molecule is CNC1CSCC1CCOC(C)(C)C. The van der Waals surface area contributed by atoms with Gasteiger partial charge in [-0.3, -0.25) is 0 Å². The second kappa shape index (κ2) is 5.38. The molecular formula is C11H23NOS. The van der Waals surface area contributed by atoms with Crippen LogP contribution in [0.3, 0.4) is 0 Å². The van der Waals surface area contributed by atoms with Crippen LogP contribution in [0, 0.1) is 5.92 Å². The summed E-state index contributed by atoms with van der Waals surface area (Å²) >= 11 is 2.05. The summed E-state index contributed by atoms with van der Waals surface area (Å²) < 4.78 is 5.75. The number of hydrogen-bond donors (Lipinski definition) is 1. The Labute approximate surface area is 92.2 Å². The molecule has 0 radical (unpaired) electrons. The van der Waals surface area contributed by atoms with Crippen molar-refractivity contribution < 1.29 is 4.74 Å². The molecule has 2 atom stereocenters. The van der Waals surface area contributed by atoms with E-state index >= 15 is 0 Å². The van der Waals surface area contributed by atoms with Crippen molar-refractivity contribution in [2.75, 3.05) is 25.2 Å². The molecule has 0 saturated carbocycles. The van der Waals surface area contributed by atoms with Crippen molar-refractivity contribution in [1.82, 2.24) is 5.32 Å². The van der Waals surface area contributed by atoms with E-state index in [1.807, 2.05) is 0 Å². The van der Waals surface area contributed by atoms with Crippen LogP contribution in [-0.2, 0) is 4.74 Å². The fraction of sp³-hybridized carbons (Fsp3) is 1.00. The first-order valence-electron chi connectivity index (χ1n) is 5.42. The summed E-state index contributed by atoms with van der Waals surface area (Å²) in [6.45, 7) is 7.25. The zero-order valence-electron chi connectivity index (χ0n) is 9.80. The lowest BCUT2D eigenvalue weighted by Crippen LogP contribution is -2.33. The van der Waals surface area contributed by atoms with E-state index in [2.05, 4.69) is 44.9 Å². The van der Waals surface area contributed by atoms with Gasteiger partial charge in [0.05, 0.1) is 5.60 Å². The first kappa shape index (κ1) is 12.3. The number of rotatable bonds is 4. The number of nitrogens with one attached hydrogen (secondary N) is 1. The number of ether oxygens (including phenoxy) is 1. The van der Waals surface area contributed by atoms with Gasteiger partial charge in [-0.05, 0) is 45.9 Å². The van der Waals surface area contributed by atoms with Gasteiger partial charge in [0.2, 0.25) is 0 Å². The molecule has 1 fully saturated rings. The van der Waals surface area contributed by atoms with Crippen LogP contribution in [0.15, 0.2) is 0 Å². The maximum atomic E-state index is 5.75. The molecule has 3 heteroatoms. The van der Waals surface area contributed by atoms with Gasteiger partial charge < -0.3 is 10.1 Å². The molecule has 0 spiro atoms. The molecule has 1 N–H and O–H groups in total. The Kier molecular flexibility index (Phi) is 4.74. The zero-order chi connectivity index (χ0) is 10.6. The van der Waals surface area contributed by atoms with Crippen LogP contribution in [0.5, 0.6) is 0 Å². The highest BCUT2D eigenvalue weighted by Crippen LogP contribution is 2.27. The highest BCUT2D eigenvalue weighted by atomic mass is 32.2. The van der Waals surface area contributed by atoms with Crippen LogP contribution < -0.4 is 5.32 Å². The average Bonchev–Trinajstić information content (AvgIpc) is 2.49. The first-order chi connectivity index (χ1) is 6.53. The predicted octanol–water partition coefficient (Wildman–Crippen LogP) is 2.14. The molecule has 1 aliphatic rings. The molecule has 0 aliphatic carbocycles. The zero-order valence-corrected chi connectivity index (χ0v) is 10.6. The molecule has 0 aromatic carbocycles. The fourth-order valence-electron chi connectivity index (χ4n) is 1.72. The van der Waals surface area contributed by atoms with Crippen LogP contribution in [-0.4, -0.2) is 36.8 Å². The molecule has 1 saturated heterocycles. The van der Waals surface area contributed by atoms with E-state index in [1.54, 1.807) is 0 Å². The van der Waals surface area contributed by atoms with E-state index in [0.29, 0.717) is 6.04 Å². The summed E-state index contributed by atoms with van der Waals surface area (Å²) in [7, 11) is 2.06. The van der Waals surface area contributed by atoms with Gasteiger partial charge in [-0.1, -0.05) is 0 Å². The summed E-state index contributed by atoms with van der Waals surface area (Å²) in [5, 5.41) is 3.39. The van der Waals surface area contributed by atoms with Crippen molar-refractivity contribution in [3.8, 4) is 0 Å². The monoisotopic (exact) mass is 217 g/mol. The normalized spacial score (nSPS) is 28.3. The van der Waals surface area contributed by atoms with E-state index in [4.69, 9.17) is 4.74 Å². The molecule has 2 nitrogen and oxygen atoms in total. The van der Waals surface area contributed by atoms with E-state index in [1.165, 1.54) is 17.9 Å². The van der Waals surface area contributed by atoms with Crippen LogP contribution >= 0.6 is 11.8 Å². The molecule has 84 valence electrons. The Morgan fingerprint density at radius 2 is 2.07 bits per heavy atom. The molecule has 1 rings (SSSR count). The third kappa shape index (κ3) is 4.20. The van der Waals surface area contributed by atoms with Crippen molar-refractivity contribution in [3.63, 3.8) is 0 Å². The molecule has 2 unspecified atom stereocenters. The Morgan fingerprint density at radius 1 is 1.36 bits per heavy atom. The molecule has 0 aromatic heterocycles. The number of hydrogen-bond acceptors (Lipinski definition) is 3. The quantitative estimate of drug-likeness (QED) is 0.779. The largest absolute Gasteiger partial charge is 0.376 e. The highest BCUT2D eigenvalue weighted by molar-refractivity contribution is 7.99. The third-order valence-corrected chi connectivity index (χ3v) is 3.85.